The third-order valence-electron chi connectivity index (χ3n) is 4.53. The first-order valence-electron chi connectivity index (χ1n) is 7.24. The number of hydrogen-bond donors (Lipinski definition) is 2. The molecule has 1 aliphatic rings. The summed E-state index contributed by atoms with van der Waals surface area (Å²) in [5, 5.41) is 11.7. The molecule has 4 heteroatoms. The highest BCUT2D eigenvalue weighted by Crippen LogP contribution is 2.37. The maximum atomic E-state index is 8.67. The Morgan fingerprint density at radius 2 is 1.80 bits per heavy atom. The van der Waals surface area contributed by atoms with Gasteiger partial charge in [-0.3, -0.25) is 0 Å². The standard InChI is InChI=1S/C16H25N3O/c1-16(2)10-8-14(9-11-16)19(3)13-6-4-12(5-7-13)15(17)18-20/h4-7,14,20H,8-11H2,1-3H3,(H2,17,18). The van der Waals surface area contributed by atoms with Gasteiger partial charge in [-0.25, -0.2) is 0 Å². The first-order chi connectivity index (χ1) is 9.43. The average Bonchev–Trinajstić information content (AvgIpc) is 2.46. The van der Waals surface area contributed by atoms with Crippen molar-refractivity contribution in [3.05, 3.63) is 29.8 Å². The van der Waals surface area contributed by atoms with E-state index in [9.17, 15) is 0 Å². The van der Waals surface area contributed by atoms with E-state index in [0.717, 1.165) is 5.56 Å². The number of amidine groups is 1. The van der Waals surface area contributed by atoms with E-state index in [2.05, 4.69) is 31.0 Å². The first kappa shape index (κ1) is 14.7. The van der Waals surface area contributed by atoms with Crippen LogP contribution in [0.3, 0.4) is 0 Å². The molecule has 1 saturated carbocycles. The number of nitrogens with two attached hydrogens (primary N) is 1. The van der Waals surface area contributed by atoms with Crippen molar-refractivity contribution in [2.24, 2.45) is 16.3 Å². The summed E-state index contributed by atoms with van der Waals surface area (Å²) in [6.07, 6.45) is 5.05. The van der Waals surface area contributed by atoms with Gasteiger partial charge < -0.3 is 15.8 Å². The fourth-order valence-corrected chi connectivity index (χ4v) is 2.91. The van der Waals surface area contributed by atoms with E-state index in [-0.39, 0.29) is 5.84 Å². The van der Waals surface area contributed by atoms with E-state index in [1.165, 1.54) is 31.4 Å². The molecule has 0 unspecified atom stereocenters. The molecule has 1 aromatic rings. The zero-order chi connectivity index (χ0) is 14.8. The van der Waals surface area contributed by atoms with Gasteiger partial charge in [0.25, 0.3) is 0 Å². The van der Waals surface area contributed by atoms with Crippen LogP contribution in [0.5, 0.6) is 0 Å². The van der Waals surface area contributed by atoms with Crippen LogP contribution in [0.2, 0.25) is 0 Å². The Balaban J connectivity index is 2.04. The molecule has 0 heterocycles. The Labute approximate surface area is 121 Å². The highest BCUT2D eigenvalue weighted by Gasteiger charge is 2.28. The Morgan fingerprint density at radius 3 is 2.30 bits per heavy atom. The molecular formula is C16H25N3O. The zero-order valence-corrected chi connectivity index (χ0v) is 12.6. The van der Waals surface area contributed by atoms with Gasteiger partial charge in [0.2, 0.25) is 0 Å². The lowest BCUT2D eigenvalue weighted by Crippen LogP contribution is -2.37. The van der Waals surface area contributed by atoms with Gasteiger partial charge in [0.05, 0.1) is 0 Å². The molecule has 1 aromatic carbocycles. The molecule has 4 nitrogen and oxygen atoms in total. The minimum atomic E-state index is 0.151. The van der Waals surface area contributed by atoms with Crippen molar-refractivity contribution < 1.29 is 5.21 Å². The van der Waals surface area contributed by atoms with Gasteiger partial charge in [0.15, 0.2) is 5.84 Å². The van der Waals surface area contributed by atoms with E-state index in [4.69, 9.17) is 10.9 Å². The van der Waals surface area contributed by atoms with Crippen LogP contribution in [-0.2, 0) is 0 Å². The highest BCUT2D eigenvalue weighted by atomic mass is 16.4. The van der Waals surface area contributed by atoms with Crippen LogP contribution in [0.15, 0.2) is 29.4 Å². The number of oxime groups is 1. The third-order valence-corrected chi connectivity index (χ3v) is 4.53. The van der Waals surface area contributed by atoms with Crippen molar-refractivity contribution in [1.82, 2.24) is 0 Å². The van der Waals surface area contributed by atoms with E-state index in [0.29, 0.717) is 11.5 Å². The smallest absolute Gasteiger partial charge is 0.170 e. The molecule has 0 amide bonds. The summed E-state index contributed by atoms with van der Waals surface area (Å²) < 4.78 is 0. The molecule has 0 aromatic heterocycles. The number of nitrogens with zero attached hydrogens (tertiary/aromatic N) is 2. The zero-order valence-electron chi connectivity index (χ0n) is 12.6. The lowest BCUT2D eigenvalue weighted by molar-refractivity contribution is 0.222. The fraction of sp³-hybridized carbons (Fsp3) is 0.562. The monoisotopic (exact) mass is 275 g/mol. The molecule has 0 atom stereocenters. The SMILES string of the molecule is CN(c1ccc(/C(N)=N/O)cc1)C1CCC(C)(C)CC1. The molecule has 0 bridgehead atoms. The molecule has 0 spiro atoms. The summed E-state index contributed by atoms with van der Waals surface area (Å²) in [6, 6.07) is 8.47. The van der Waals surface area contributed by atoms with Crippen LogP contribution in [0.1, 0.15) is 45.1 Å². The van der Waals surface area contributed by atoms with Gasteiger partial charge >= 0.3 is 0 Å². The minimum Gasteiger partial charge on any atom is -0.409 e. The van der Waals surface area contributed by atoms with Crippen LogP contribution in [0.4, 0.5) is 5.69 Å². The van der Waals surface area contributed by atoms with E-state index >= 15 is 0 Å². The molecule has 0 aliphatic heterocycles. The van der Waals surface area contributed by atoms with Crippen LogP contribution in [-0.4, -0.2) is 24.1 Å². The predicted molar refractivity (Wildman–Crippen MR) is 83.4 cm³/mol. The van der Waals surface area contributed by atoms with Crippen LogP contribution >= 0.6 is 0 Å². The molecule has 2 rings (SSSR count). The third kappa shape index (κ3) is 3.24. The minimum absolute atomic E-state index is 0.151. The van der Waals surface area contributed by atoms with Crippen molar-refractivity contribution in [2.75, 3.05) is 11.9 Å². The van der Waals surface area contributed by atoms with E-state index < -0.39 is 0 Å². The van der Waals surface area contributed by atoms with Gasteiger partial charge in [0, 0.05) is 24.3 Å². The second-order valence-corrected chi connectivity index (χ2v) is 6.54. The average molecular weight is 275 g/mol. The number of hydrogen-bond acceptors (Lipinski definition) is 3. The van der Waals surface area contributed by atoms with Crippen LogP contribution in [0, 0.1) is 5.41 Å². The van der Waals surface area contributed by atoms with Gasteiger partial charge in [-0.15, -0.1) is 0 Å². The summed E-state index contributed by atoms with van der Waals surface area (Å²) in [4.78, 5) is 2.35. The summed E-state index contributed by atoms with van der Waals surface area (Å²) in [6.45, 7) is 4.71. The second kappa shape index (κ2) is 5.73. The summed E-state index contributed by atoms with van der Waals surface area (Å²) in [7, 11) is 2.15. The molecule has 1 aliphatic carbocycles. The van der Waals surface area contributed by atoms with Gasteiger partial charge in [-0.2, -0.15) is 0 Å². The van der Waals surface area contributed by atoms with Gasteiger partial charge in [0.1, 0.15) is 0 Å². The maximum absolute atomic E-state index is 8.67. The Kier molecular flexibility index (Phi) is 4.21. The molecule has 3 N–H and O–H groups in total. The Morgan fingerprint density at radius 1 is 1.25 bits per heavy atom. The van der Waals surface area contributed by atoms with Crippen molar-refractivity contribution in [2.45, 2.75) is 45.6 Å². The summed E-state index contributed by atoms with van der Waals surface area (Å²) in [5.41, 5.74) is 8.00. The normalized spacial score (nSPS) is 19.9. The first-order valence-corrected chi connectivity index (χ1v) is 7.24. The quantitative estimate of drug-likeness (QED) is 0.385. The summed E-state index contributed by atoms with van der Waals surface area (Å²) >= 11 is 0. The van der Waals surface area contributed by atoms with Gasteiger partial charge in [-0.1, -0.05) is 19.0 Å². The van der Waals surface area contributed by atoms with E-state index in [1.807, 2.05) is 24.3 Å². The molecule has 1 fully saturated rings. The second-order valence-electron chi connectivity index (χ2n) is 6.54. The predicted octanol–water partition coefficient (Wildman–Crippen LogP) is 3.19. The summed E-state index contributed by atoms with van der Waals surface area (Å²) in [5.74, 6) is 0.151. The lowest BCUT2D eigenvalue weighted by atomic mass is 9.75. The van der Waals surface area contributed by atoms with Crippen molar-refractivity contribution in [3.8, 4) is 0 Å². The van der Waals surface area contributed by atoms with Gasteiger partial charge in [-0.05, 0) is 55.4 Å². The molecular weight excluding hydrogens is 250 g/mol. The van der Waals surface area contributed by atoms with Crippen molar-refractivity contribution in [3.63, 3.8) is 0 Å². The largest absolute Gasteiger partial charge is 0.409 e. The maximum Gasteiger partial charge on any atom is 0.170 e. The Hall–Kier alpha value is -1.71. The van der Waals surface area contributed by atoms with Crippen molar-refractivity contribution in [1.29, 1.82) is 0 Å². The van der Waals surface area contributed by atoms with E-state index in [1.54, 1.807) is 0 Å². The lowest BCUT2D eigenvalue weighted by Gasteiger charge is -2.39. The number of anilines is 1. The Bertz CT molecular complexity index is 469. The van der Waals surface area contributed by atoms with Crippen molar-refractivity contribution >= 4 is 11.5 Å². The number of benzene rings is 1. The number of rotatable bonds is 3. The molecule has 20 heavy (non-hydrogen) atoms. The molecule has 0 saturated heterocycles. The molecule has 0 radical (unpaired) electrons. The fourth-order valence-electron chi connectivity index (χ4n) is 2.91. The van der Waals surface area contributed by atoms with Crippen LogP contribution < -0.4 is 10.6 Å². The molecule has 110 valence electrons. The highest BCUT2D eigenvalue weighted by molar-refractivity contribution is 5.97. The van der Waals surface area contributed by atoms with Crippen LogP contribution in [0.25, 0.3) is 0 Å². The topological polar surface area (TPSA) is 61.8 Å².